The first-order valence-corrected chi connectivity index (χ1v) is 7.22. The maximum atomic E-state index is 11.8. The van der Waals surface area contributed by atoms with Crippen molar-refractivity contribution in [2.24, 2.45) is 0 Å². The molecule has 1 heterocycles. The monoisotopic (exact) mass is 267 g/mol. The zero-order valence-electron chi connectivity index (χ0n) is 11.1. The number of Topliss-reactive ketones (excluding diaryl/α,β-unsaturated/α-hetero) is 1. The standard InChI is InChI=1S/C15H22ClNO/c1-2-3-4-5-6-7-8-14(18)11-13-9-10-17-12-15(13)16/h9-10,12H,2-8,11H2,1H3. The Morgan fingerprint density at radius 1 is 1.22 bits per heavy atom. The van der Waals surface area contributed by atoms with Crippen LogP contribution in [0.4, 0.5) is 0 Å². The van der Waals surface area contributed by atoms with Gasteiger partial charge in [-0.25, -0.2) is 0 Å². The molecular weight excluding hydrogens is 246 g/mol. The second-order valence-corrected chi connectivity index (χ2v) is 5.11. The molecular formula is C15H22ClNO. The maximum absolute atomic E-state index is 11.8. The minimum absolute atomic E-state index is 0.276. The molecule has 0 saturated carbocycles. The summed E-state index contributed by atoms with van der Waals surface area (Å²) in [6.07, 6.45) is 11.7. The summed E-state index contributed by atoms with van der Waals surface area (Å²) < 4.78 is 0. The fourth-order valence-electron chi connectivity index (χ4n) is 1.95. The fourth-order valence-corrected chi connectivity index (χ4v) is 2.14. The third kappa shape index (κ3) is 6.15. The van der Waals surface area contributed by atoms with Gasteiger partial charge in [-0.2, -0.15) is 0 Å². The number of carbonyl (C=O) groups excluding carboxylic acids is 1. The molecule has 0 aromatic carbocycles. The van der Waals surface area contributed by atoms with Crippen molar-refractivity contribution in [3.8, 4) is 0 Å². The number of rotatable bonds is 9. The molecule has 0 bridgehead atoms. The number of nitrogens with zero attached hydrogens (tertiary/aromatic N) is 1. The average molecular weight is 268 g/mol. The molecule has 1 aromatic rings. The number of hydrogen-bond donors (Lipinski definition) is 0. The topological polar surface area (TPSA) is 30.0 Å². The Morgan fingerprint density at radius 3 is 2.67 bits per heavy atom. The lowest BCUT2D eigenvalue weighted by atomic mass is 10.0. The van der Waals surface area contributed by atoms with Crippen LogP contribution in [0.3, 0.4) is 0 Å². The Labute approximate surface area is 115 Å². The van der Waals surface area contributed by atoms with Crippen LogP contribution in [0.25, 0.3) is 0 Å². The predicted molar refractivity (Wildman–Crippen MR) is 76.0 cm³/mol. The van der Waals surface area contributed by atoms with Crippen LogP contribution < -0.4 is 0 Å². The van der Waals surface area contributed by atoms with Crippen LogP contribution in [0.15, 0.2) is 18.5 Å². The van der Waals surface area contributed by atoms with Crippen molar-refractivity contribution in [1.82, 2.24) is 4.98 Å². The van der Waals surface area contributed by atoms with Crippen molar-refractivity contribution in [2.45, 2.75) is 58.3 Å². The van der Waals surface area contributed by atoms with Gasteiger partial charge >= 0.3 is 0 Å². The van der Waals surface area contributed by atoms with Crippen LogP contribution in [0.2, 0.25) is 5.02 Å². The van der Waals surface area contributed by atoms with Gasteiger partial charge in [0.1, 0.15) is 5.78 Å². The molecule has 2 nitrogen and oxygen atoms in total. The minimum Gasteiger partial charge on any atom is -0.299 e. The maximum Gasteiger partial charge on any atom is 0.137 e. The molecule has 100 valence electrons. The van der Waals surface area contributed by atoms with E-state index in [1.165, 1.54) is 25.7 Å². The van der Waals surface area contributed by atoms with E-state index in [4.69, 9.17) is 11.6 Å². The molecule has 0 saturated heterocycles. The van der Waals surface area contributed by atoms with E-state index in [9.17, 15) is 4.79 Å². The van der Waals surface area contributed by atoms with Crippen LogP contribution in [-0.4, -0.2) is 10.8 Å². The number of hydrogen-bond acceptors (Lipinski definition) is 2. The summed E-state index contributed by atoms with van der Waals surface area (Å²) in [4.78, 5) is 15.7. The highest BCUT2D eigenvalue weighted by Gasteiger charge is 2.06. The lowest BCUT2D eigenvalue weighted by Gasteiger charge is -2.03. The molecule has 18 heavy (non-hydrogen) atoms. The van der Waals surface area contributed by atoms with Gasteiger partial charge in [0.05, 0.1) is 5.02 Å². The van der Waals surface area contributed by atoms with Gasteiger partial charge in [0.15, 0.2) is 0 Å². The second-order valence-electron chi connectivity index (χ2n) is 4.70. The zero-order chi connectivity index (χ0) is 13.2. The number of carbonyl (C=O) groups is 1. The van der Waals surface area contributed by atoms with Gasteiger partial charge in [-0.3, -0.25) is 9.78 Å². The summed E-state index contributed by atoms with van der Waals surface area (Å²) in [5.74, 6) is 0.276. The molecule has 0 atom stereocenters. The SMILES string of the molecule is CCCCCCCCC(=O)Cc1ccncc1Cl. The Bertz CT molecular complexity index is 365. The summed E-state index contributed by atoms with van der Waals surface area (Å²) in [6.45, 7) is 2.21. The highest BCUT2D eigenvalue weighted by atomic mass is 35.5. The number of halogens is 1. The van der Waals surface area contributed by atoms with Crippen LogP contribution in [0.5, 0.6) is 0 Å². The van der Waals surface area contributed by atoms with Gasteiger partial charge in [0, 0.05) is 25.2 Å². The van der Waals surface area contributed by atoms with Gasteiger partial charge < -0.3 is 0 Å². The predicted octanol–water partition coefficient (Wildman–Crippen LogP) is 4.60. The third-order valence-electron chi connectivity index (χ3n) is 3.05. The Kier molecular flexibility index (Phi) is 7.66. The molecule has 0 N–H and O–H groups in total. The molecule has 0 spiro atoms. The number of pyridine rings is 1. The van der Waals surface area contributed by atoms with Gasteiger partial charge in [-0.05, 0) is 18.1 Å². The molecule has 1 rings (SSSR count). The van der Waals surface area contributed by atoms with Crippen LogP contribution in [-0.2, 0) is 11.2 Å². The van der Waals surface area contributed by atoms with Crippen LogP contribution >= 0.6 is 11.6 Å². The fraction of sp³-hybridized carbons (Fsp3) is 0.600. The molecule has 1 aromatic heterocycles. The molecule has 0 fully saturated rings. The largest absolute Gasteiger partial charge is 0.299 e. The number of aromatic nitrogens is 1. The molecule has 0 amide bonds. The van der Waals surface area contributed by atoms with E-state index >= 15 is 0 Å². The average Bonchev–Trinajstić information content (AvgIpc) is 2.36. The highest BCUT2D eigenvalue weighted by molar-refractivity contribution is 6.31. The van der Waals surface area contributed by atoms with Gasteiger partial charge in [-0.15, -0.1) is 0 Å². The van der Waals surface area contributed by atoms with E-state index in [0.717, 1.165) is 18.4 Å². The first-order valence-electron chi connectivity index (χ1n) is 6.84. The molecule has 0 aliphatic heterocycles. The molecule has 0 unspecified atom stereocenters. The summed E-state index contributed by atoms with van der Waals surface area (Å²) >= 11 is 5.97. The normalized spacial score (nSPS) is 10.6. The first kappa shape index (κ1) is 15.2. The lowest BCUT2D eigenvalue weighted by molar-refractivity contribution is -0.118. The summed E-state index contributed by atoms with van der Waals surface area (Å²) in [7, 11) is 0. The Hall–Kier alpha value is -0.890. The quantitative estimate of drug-likeness (QED) is 0.612. The Morgan fingerprint density at radius 2 is 1.94 bits per heavy atom. The van der Waals surface area contributed by atoms with E-state index in [1.807, 2.05) is 6.07 Å². The van der Waals surface area contributed by atoms with Crippen LogP contribution in [0, 0.1) is 0 Å². The molecule has 0 aliphatic rings. The van der Waals surface area contributed by atoms with E-state index < -0.39 is 0 Å². The summed E-state index contributed by atoms with van der Waals surface area (Å²) in [5.41, 5.74) is 0.891. The van der Waals surface area contributed by atoms with Gasteiger partial charge in [-0.1, -0.05) is 50.6 Å². The van der Waals surface area contributed by atoms with E-state index in [0.29, 0.717) is 17.9 Å². The molecule has 0 aliphatic carbocycles. The smallest absolute Gasteiger partial charge is 0.137 e. The molecule has 0 radical (unpaired) electrons. The zero-order valence-corrected chi connectivity index (χ0v) is 11.9. The van der Waals surface area contributed by atoms with Crippen molar-refractivity contribution >= 4 is 17.4 Å². The molecule has 3 heteroatoms. The Balaban J connectivity index is 2.16. The lowest BCUT2D eigenvalue weighted by Crippen LogP contribution is -2.03. The van der Waals surface area contributed by atoms with E-state index in [1.54, 1.807) is 12.4 Å². The van der Waals surface area contributed by atoms with Crippen molar-refractivity contribution in [2.75, 3.05) is 0 Å². The van der Waals surface area contributed by atoms with E-state index in [-0.39, 0.29) is 5.78 Å². The van der Waals surface area contributed by atoms with Crippen molar-refractivity contribution < 1.29 is 4.79 Å². The summed E-state index contributed by atoms with van der Waals surface area (Å²) in [6, 6.07) is 1.82. The summed E-state index contributed by atoms with van der Waals surface area (Å²) in [5, 5.41) is 0.591. The number of unbranched alkanes of at least 4 members (excludes halogenated alkanes) is 5. The van der Waals surface area contributed by atoms with Crippen LogP contribution in [0.1, 0.15) is 57.4 Å². The van der Waals surface area contributed by atoms with Crippen molar-refractivity contribution in [3.63, 3.8) is 0 Å². The van der Waals surface area contributed by atoms with Gasteiger partial charge in [0.2, 0.25) is 0 Å². The second kappa shape index (κ2) is 9.09. The van der Waals surface area contributed by atoms with Crippen molar-refractivity contribution in [3.05, 3.63) is 29.0 Å². The third-order valence-corrected chi connectivity index (χ3v) is 3.39. The minimum atomic E-state index is 0.276. The van der Waals surface area contributed by atoms with Crippen molar-refractivity contribution in [1.29, 1.82) is 0 Å². The number of ketones is 1. The first-order chi connectivity index (χ1) is 8.74. The van der Waals surface area contributed by atoms with E-state index in [2.05, 4.69) is 11.9 Å². The van der Waals surface area contributed by atoms with Gasteiger partial charge in [0.25, 0.3) is 0 Å². The highest BCUT2D eigenvalue weighted by Crippen LogP contribution is 2.15.